The Labute approximate surface area is 73.2 Å². The summed E-state index contributed by atoms with van der Waals surface area (Å²) < 4.78 is 0. The molecule has 0 bridgehead atoms. The van der Waals surface area contributed by atoms with Gasteiger partial charge in [0, 0.05) is 0 Å². The molecule has 1 aliphatic rings. The van der Waals surface area contributed by atoms with Crippen molar-refractivity contribution in [3.05, 3.63) is 53.6 Å². The molecule has 60 valence electrons. The van der Waals surface area contributed by atoms with E-state index in [1.807, 2.05) is 6.08 Å². The first-order chi connectivity index (χ1) is 5.92. The smallest absolute Gasteiger partial charge is 0.00881 e. The largest absolute Gasteiger partial charge is 0.103 e. The summed E-state index contributed by atoms with van der Waals surface area (Å²) in [5.74, 6) is 0. The Bertz CT molecular complexity index is 332. The molecule has 0 amide bonds. The molecule has 0 heteroatoms. The zero-order chi connectivity index (χ0) is 8.39. The van der Waals surface area contributed by atoms with Crippen LogP contribution in [0.4, 0.5) is 0 Å². The van der Waals surface area contributed by atoms with E-state index >= 15 is 0 Å². The van der Waals surface area contributed by atoms with Crippen LogP contribution < -0.4 is 0 Å². The molecule has 0 aromatic heterocycles. The van der Waals surface area contributed by atoms with Gasteiger partial charge in [0.1, 0.15) is 0 Å². The van der Waals surface area contributed by atoms with Crippen LogP contribution in [0.25, 0.3) is 6.08 Å². The number of allylic oxidation sites excluding steroid dienone is 2. The van der Waals surface area contributed by atoms with Crippen molar-refractivity contribution in [2.45, 2.75) is 12.8 Å². The molecule has 1 aromatic rings. The Morgan fingerprint density at radius 3 is 3.17 bits per heavy atom. The summed E-state index contributed by atoms with van der Waals surface area (Å²) in [5, 5.41) is 0. The van der Waals surface area contributed by atoms with Crippen LogP contribution in [0.1, 0.15) is 16.7 Å². The van der Waals surface area contributed by atoms with Gasteiger partial charge in [0.05, 0.1) is 0 Å². The quantitative estimate of drug-likeness (QED) is 0.577. The molecule has 0 unspecified atom stereocenters. The second kappa shape index (κ2) is 2.98. The van der Waals surface area contributed by atoms with E-state index in [0.29, 0.717) is 0 Å². The molecule has 1 aliphatic carbocycles. The molecule has 2 rings (SSSR count). The summed E-state index contributed by atoms with van der Waals surface area (Å²) >= 11 is 0. The summed E-state index contributed by atoms with van der Waals surface area (Å²) in [6.07, 6.45) is 8.47. The van der Waals surface area contributed by atoms with Crippen LogP contribution in [-0.4, -0.2) is 0 Å². The summed E-state index contributed by atoms with van der Waals surface area (Å²) in [6, 6.07) is 6.50. The Morgan fingerprint density at radius 1 is 1.42 bits per heavy atom. The fourth-order valence-electron chi connectivity index (χ4n) is 1.70. The Morgan fingerprint density at radius 2 is 2.33 bits per heavy atom. The molecular formula is C12H12. The Kier molecular flexibility index (Phi) is 1.83. The van der Waals surface area contributed by atoms with Crippen molar-refractivity contribution in [1.82, 2.24) is 0 Å². The van der Waals surface area contributed by atoms with E-state index in [9.17, 15) is 0 Å². The van der Waals surface area contributed by atoms with Crippen molar-refractivity contribution in [2.24, 2.45) is 0 Å². The van der Waals surface area contributed by atoms with Crippen LogP contribution >= 0.6 is 0 Å². The topological polar surface area (TPSA) is 0 Å². The molecule has 0 radical (unpaired) electrons. The zero-order valence-corrected chi connectivity index (χ0v) is 7.09. The van der Waals surface area contributed by atoms with E-state index in [0.717, 1.165) is 12.8 Å². The molecule has 0 N–H and O–H groups in total. The monoisotopic (exact) mass is 156 g/mol. The van der Waals surface area contributed by atoms with Crippen molar-refractivity contribution in [2.75, 3.05) is 0 Å². The predicted octanol–water partition coefficient (Wildman–Crippen LogP) is 2.98. The standard InChI is InChI=1S/C12H12/c1-2-5-10-6-3-7-11-8-4-9-12(10)11/h2-4,6-7,9H,1,5,8H2. The van der Waals surface area contributed by atoms with Gasteiger partial charge in [0.15, 0.2) is 0 Å². The molecule has 0 heterocycles. The van der Waals surface area contributed by atoms with Gasteiger partial charge in [-0.1, -0.05) is 36.4 Å². The number of benzene rings is 1. The maximum Gasteiger partial charge on any atom is -0.00881 e. The summed E-state index contributed by atoms with van der Waals surface area (Å²) in [7, 11) is 0. The third-order valence-corrected chi connectivity index (χ3v) is 2.27. The molecule has 0 aliphatic heterocycles. The highest BCUT2D eigenvalue weighted by Crippen LogP contribution is 2.23. The van der Waals surface area contributed by atoms with Crippen LogP contribution in [0.2, 0.25) is 0 Å². The lowest BCUT2D eigenvalue weighted by atomic mass is 10.0. The van der Waals surface area contributed by atoms with Gasteiger partial charge in [-0.15, -0.1) is 6.58 Å². The minimum absolute atomic E-state index is 0.980. The summed E-state index contributed by atoms with van der Waals surface area (Å²) in [5.41, 5.74) is 4.27. The molecule has 1 aromatic carbocycles. The first-order valence-corrected chi connectivity index (χ1v) is 4.30. The van der Waals surface area contributed by atoms with Gasteiger partial charge in [-0.2, -0.15) is 0 Å². The van der Waals surface area contributed by atoms with Crippen molar-refractivity contribution < 1.29 is 0 Å². The van der Waals surface area contributed by atoms with Gasteiger partial charge in [0.25, 0.3) is 0 Å². The molecule has 12 heavy (non-hydrogen) atoms. The van der Waals surface area contributed by atoms with E-state index in [4.69, 9.17) is 0 Å². The maximum absolute atomic E-state index is 3.76. The van der Waals surface area contributed by atoms with Gasteiger partial charge in [-0.3, -0.25) is 0 Å². The van der Waals surface area contributed by atoms with Gasteiger partial charge in [0.2, 0.25) is 0 Å². The normalized spacial score (nSPS) is 13.0. The fourth-order valence-corrected chi connectivity index (χ4v) is 1.70. The summed E-state index contributed by atoms with van der Waals surface area (Å²) in [4.78, 5) is 0. The lowest BCUT2D eigenvalue weighted by Gasteiger charge is -2.04. The van der Waals surface area contributed by atoms with Crippen LogP contribution in [-0.2, 0) is 12.8 Å². The molecule has 0 atom stereocenters. The predicted molar refractivity (Wildman–Crippen MR) is 53.1 cm³/mol. The van der Waals surface area contributed by atoms with Gasteiger partial charge < -0.3 is 0 Å². The van der Waals surface area contributed by atoms with E-state index in [1.54, 1.807) is 0 Å². The zero-order valence-electron chi connectivity index (χ0n) is 7.09. The highest BCUT2D eigenvalue weighted by atomic mass is 14.1. The number of fused-ring (bicyclic) bond motifs is 1. The lowest BCUT2D eigenvalue weighted by Crippen LogP contribution is -1.88. The van der Waals surface area contributed by atoms with E-state index < -0.39 is 0 Å². The molecule has 0 saturated carbocycles. The molecule has 0 fully saturated rings. The number of hydrogen-bond acceptors (Lipinski definition) is 0. The Hall–Kier alpha value is -1.30. The van der Waals surface area contributed by atoms with Crippen molar-refractivity contribution in [3.8, 4) is 0 Å². The van der Waals surface area contributed by atoms with Gasteiger partial charge in [-0.05, 0) is 29.5 Å². The average Bonchev–Trinajstić information content (AvgIpc) is 2.53. The molecule has 0 spiro atoms. The van der Waals surface area contributed by atoms with Gasteiger partial charge >= 0.3 is 0 Å². The first-order valence-electron chi connectivity index (χ1n) is 4.30. The number of rotatable bonds is 2. The van der Waals surface area contributed by atoms with Crippen LogP contribution in [0, 0.1) is 0 Å². The minimum Gasteiger partial charge on any atom is -0.103 e. The number of hydrogen-bond donors (Lipinski definition) is 0. The summed E-state index contributed by atoms with van der Waals surface area (Å²) in [6.45, 7) is 3.76. The van der Waals surface area contributed by atoms with Crippen molar-refractivity contribution in [3.63, 3.8) is 0 Å². The highest BCUT2D eigenvalue weighted by molar-refractivity contribution is 5.63. The van der Waals surface area contributed by atoms with Crippen molar-refractivity contribution in [1.29, 1.82) is 0 Å². The van der Waals surface area contributed by atoms with Crippen LogP contribution in [0.3, 0.4) is 0 Å². The van der Waals surface area contributed by atoms with Crippen LogP contribution in [0.5, 0.6) is 0 Å². The highest BCUT2D eigenvalue weighted by Gasteiger charge is 2.07. The SMILES string of the molecule is C=CCc1cccc2c1C=CC2. The second-order valence-electron chi connectivity index (χ2n) is 3.09. The molecule has 0 saturated heterocycles. The van der Waals surface area contributed by atoms with Crippen molar-refractivity contribution >= 4 is 6.08 Å². The molecule has 0 nitrogen and oxygen atoms in total. The van der Waals surface area contributed by atoms with Crippen LogP contribution in [0.15, 0.2) is 36.9 Å². The third kappa shape index (κ3) is 1.10. The maximum atomic E-state index is 3.76. The van der Waals surface area contributed by atoms with E-state index in [2.05, 4.69) is 36.9 Å². The van der Waals surface area contributed by atoms with E-state index in [-0.39, 0.29) is 0 Å². The van der Waals surface area contributed by atoms with Gasteiger partial charge in [-0.25, -0.2) is 0 Å². The Balaban J connectivity index is 2.48. The van der Waals surface area contributed by atoms with E-state index in [1.165, 1.54) is 16.7 Å². The first kappa shape index (κ1) is 7.35. The molecular weight excluding hydrogens is 144 g/mol. The fraction of sp³-hybridized carbons (Fsp3) is 0.167. The second-order valence-corrected chi connectivity index (χ2v) is 3.09. The minimum atomic E-state index is 0.980. The third-order valence-electron chi connectivity index (χ3n) is 2.27. The lowest BCUT2D eigenvalue weighted by molar-refractivity contribution is 1.22. The average molecular weight is 156 g/mol.